The molecule has 0 radical (unpaired) electrons. The Morgan fingerprint density at radius 2 is 1.88 bits per heavy atom. The van der Waals surface area contributed by atoms with Gasteiger partial charge in [0.15, 0.2) is 5.13 Å². The highest BCUT2D eigenvalue weighted by molar-refractivity contribution is 7.22. The third kappa shape index (κ3) is 4.54. The van der Waals surface area contributed by atoms with Crippen LogP contribution in [-0.4, -0.2) is 46.9 Å². The van der Waals surface area contributed by atoms with Crippen LogP contribution in [0.1, 0.15) is 37.7 Å². The van der Waals surface area contributed by atoms with Gasteiger partial charge >= 0.3 is 6.18 Å². The number of amides is 1. The van der Waals surface area contributed by atoms with Gasteiger partial charge in [0.2, 0.25) is 5.91 Å². The molecule has 1 aliphatic carbocycles. The summed E-state index contributed by atoms with van der Waals surface area (Å²) in [5.41, 5.74) is -3.06. The van der Waals surface area contributed by atoms with Crippen molar-refractivity contribution in [3.63, 3.8) is 0 Å². The van der Waals surface area contributed by atoms with E-state index in [1.807, 2.05) is 0 Å². The predicted octanol–water partition coefficient (Wildman–Crippen LogP) is 3.81. The summed E-state index contributed by atoms with van der Waals surface area (Å²) in [6, 6.07) is 1.01. The van der Waals surface area contributed by atoms with Gasteiger partial charge in [0.05, 0.1) is 22.4 Å². The van der Waals surface area contributed by atoms with Gasteiger partial charge in [-0.1, -0.05) is 30.6 Å². The first kappa shape index (κ1) is 22.4. The lowest BCUT2D eigenvalue weighted by molar-refractivity contribution is -0.383. The molecule has 1 saturated heterocycles. The van der Waals surface area contributed by atoms with Crippen LogP contribution in [0.2, 0.25) is 0 Å². The summed E-state index contributed by atoms with van der Waals surface area (Å²) >= 11 is 0.756. The van der Waals surface area contributed by atoms with E-state index < -0.39 is 33.3 Å². The van der Waals surface area contributed by atoms with Crippen LogP contribution in [0.3, 0.4) is 0 Å². The second-order valence-corrected chi connectivity index (χ2v) is 9.17. The van der Waals surface area contributed by atoms with Crippen LogP contribution in [-0.2, 0) is 11.0 Å². The molecule has 1 aromatic heterocycles. The van der Waals surface area contributed by atoms with E-state index in [0.717, 1.165) is 24.2 Å². The molecule has 2 aliphatic rings. The van der Waals surface area contributed by atoms with Crippen molar-refractivity contribution in [2.24, 2.45) is 5.92 Å². The smallest absolute Gasteiger partial charge is 0.339 e. The molecule has 0 bridgehead atoms. The second kappa shape index (κ2) is 8.64. The number of benzene rings is 1. The van der Waals surface area contributed by atoms with Gasteiger partial charge in [-0.05, 0) is 24.8 Å². The number of hydrogen-bond acceptors (Lipinski definition) is 7. The average Bonchev–Trinajstić information content (AvgIpc) is 2.74. The second-order valence-electron chi connectivity index (χ2n) is 8.19. The number of non-ortho nitro benzene ring substituents is 1. The van der Waals surface area contributed by atoms with Crippen LogP contribution in [0.4, 0.5) is 24.0 Å². The zero-order valence-electron chi connectivity index (χ0n) is 17.1. The van der Waals surface area contributed by atoms with E-state index in [0.29, 0.717) is 37.7 Å². The number of carbonyl (C=O) groups excluding carboxylic acids is 1. The lowest BCUT2D eigenvalue weighted by atomic mass is 9.89. The van der Waals surface area contributed by atoms with Crippen LogP contribution in [0, 0.1) is 16.0 Å². The zero-order chi connectivity index (χ0) is 23.0. The highest BCUT2D eigenvalue weighted by Gasteiger charge is 2.35. The molecule has 8 nitrogen and oxygen atoms in total. The van der Waals surface area contributed by atoms with Gasteiger partial charge in [0.1, 0.15) is 4.70 Å². The number of halogens is 3. The van der Waals surface area contributed by atoms with E-state index in [-0.39, 0.29) is 22.3 Å². The number of fused-ring (bicyclic) bond motifs is 1. The SMILES string of the molecule is O=C1CN(c2nc(=O)c3cc(C(F)(F)F)cc([N+](=O)[O-])c3s2)CCN1CC1CCCCC1. The maximum atomic E-state index is 13.1. The van der Waals surface area contributed by atoms with E-state index in [4.69, 9.17) is 0 Å². The van der Waals surface area contributed by atoms with Crippen molar-refractivity contribution >= 4 is 38.1 Å². The summed E-state index contributed by atoms with van der Waals surface area (Å²) in [5.74, 6) is 0.366. The molecule has 0 N–H and O–H groups in total. The summed E-state index contributed by atoms with van der Waals surface area (Å²) in [4.78, 5) is 42.9. The first-order valence-corrected chi connectivity index (χ1v) is 11.2. The van der Waals surface area contributed by atoms with Crippen molar-refractivity contribution in [3.8, 4) is 0 Å². The maximum Gasteiger partial charge on any atom is 0.416 e. The number of carbonyl (C=O) groups is 1. The molecule has 0 spiro atoms. The Balaban J connectivity index is 1.61. The third-order valence-electron chi connectivity index (χ3n) is 6.01. The van der Waals surface area contributed by atoms with Gasteiger partial charge in [0.25, 0.3) is 11.2 Å². The molecule has 12 heteroatoms. The first-order chi connectivity index (χ1) is 15.1. The van der Waals surface area contributed by atoms with E-state index in [2.05, 4.69) is 4.98 Å². The standard InChI is InChI=1S/C20H21F3N4O4S/c21-20(22,23)13-8-14-17(15(9-13)27(30)31)32-19(24-18(14)29)26-7-6-25(16(28)11-26)10-12-4-2-1-3-5-12/h8-9,12H,1-7,10-11H2. The van der Waals surface area contributed by atoms with Crippen molar-refractivity contribution in [1.29, 1.82) is 0 Å². The minimum absolute atomic E-state index is 0.0321. The number of piperazine rings is 1. The Hall–Kier alpha value is -2.76. The van der Waals surface area contributed by atoms with Crippen molar-refractivity contribution in [2.45, 2.75) is 38.3 Å². The van der Waals surface area contributed by atoms with E-state index >= 15 is 0 Å². The maximum absolute atomic E-state index is 13.1. The molecule has 172 valence electrons. The van der Waals surface area contributed by atoms with Gasteiger partial charge in [-0.15, -0.1) is 0 Å². The van der Waals surface area contributed by atoms with E-state index in [1.54, 1.807) is 9.80 Å². The average molecular weight is 470 g/mol. The summed E-state index contributed by atoms with van der Waals surface area (Å²) in [7, 11) is 0. The van der Waals surface area contributed by atoms with Crippen LogP contribution in [0.25, 0.3) is 10.1 Å². The summed E-state index contributed by atoms with van der Waals surface area (Å²) in [6.07, 6.45) is 0.929. The lowest BCUT2D eigenvalue weighted by Gasteiger charge is -2.37. The summed E-state index contributed by atoms with van der Waals surface area (Å²) < 4.78 is 39.2. The minimum Gasteiger partial charge on any atom is -0.339 e. The van der Waals surface area contributed by atoms with Crippen LogP contribution in [0.5, 0.6) is 0 Å². The van der Waals surface area contributed by atoms with Gasteiger partial charge in [0, 0.05) is 25.7 Å². The van der Waals surface area contributed by atoms with Crippen LogP contribution >= 0.6 is 11.3 Å². The van der Waals surface area contributed by atoms with Gasteiger partial charge < -0.3 is 9.80 Å². The number of alkyl halides is 3. The van der Waals surface area contributed by atoms with Gasteiger partial charge in [-0.3, -0.25) is 19.7 Å². The third-order valence-corrected chi connectivity index (χ3v) is 7.17. The fourth-order valence-corrected chi connectivity index (χ4v) is 5.41. The molecule has 2 aromatic rings. The molecule has 0 atom stereocenters. The van der Waals surface area contributed by atoms with Crippen molar-refractivity contribution in [2.75, 3.05) is 31.1 Å². The van der Waals surface area contributed by atoms with Crippen molar-refractivity contribution in [1.82, 2.24) is 9.88 Å². The van der Waals surface area contributed by atoms with Gasteiger partial charge in [-0.2, -0.15) is 18.2 Å². The highest BCUT2D eigenvalue weighted by Crippen LogP contribution is 2.38. The Morgan fingerprint density at radius 1 is 1.16 bits per heavy atom. The first-order valence-electron chi connectivity index (χ1n) is 10.4. The van der Waals surface area contributed by atoms with E-state index in [9.17, 15) is 32.9 Å². The fourth-order valence-electron chi connectivity index (χ4n) is 4.32. The van der Waals surface area contributed by atoms with Gasteiger partial charge in [-0.25, -0.2) is 0 Å². The predicted molar refractivity (Wildman–Crippen MR) is 113 cm³/mol. The van der Waals surface area contributed by atoms with Crippen LogP contribution < -0.4 is 10.5 Å². The molecular weight excluding hydrogens is 449 g/mol. The highest BCUT2D eigenvalue weighted by atomic mass is 32.1. The topological polar surface area (TPSA) is 96.6 Å². The summed E-state index contributed by atoms with van der Waals surface area (Å²) in [5, 5.41) is 11.1. The van der Waals surface area contributed by atoms with Crippen molar-refractivity contribution < 1.29 is 22.9 Å². The number of nitro benzene ring substituents is 1. The van der Waals surface area contributed by atoms with E-state index in [1.165, 1.54) is 19.3 Å². The normalized spacial score (nSPS) is 18.4. The number of anilines is 1. The summed E-state index contributed by atoms with van der Waals surface area (Å²) in [6.45, 7) is 1.49. The molecule has 1 amide bonds. The Kier molecular flexibility index (Phi) is 6.06. The number of rotatable bonds is 4. The molecule has 2 heterocycles. The Morgan fingerprint density at radius 3 is 2.50 bits per heavy atom. The molecule has 0 unspecified atom stereocenters. The lowest BCUT2D eigenvalue weighted by Crippen LogP contribution is -2.52. The molecule has 2 fully saturated rings. The molecule has 1 aliphatic heterocycles. The Bertz CT molecular complexity index is 1110. The molecule has 32 heavy (non-hydrogen) atoms. The Labute approximate surface area is 184 Å². The molecule has 1 saturated carbocycles. The fraction of sp³-hybridized carbons (Fsp3) is 0.550. The quantitative estimate of drug-likeness (QED) is 0.498. The number of hydrogen-bond donors (Lipinski definition) is 0. The molecule has 1 aromatic carbocycles. The largest absolute Gasteiger partial charge is 0.416 e. The number of aromatic nitrogens is 1. The monoisotopic (exact) mass is 470 g/mol. The molecule has 4 rings (SSSR count). The van der Waals surface area contributed by atoms with Crippen LogP contribution in [0.15, 0.2) is 16.9 Å². The molecular formula is C20H21F3N4O4S. The van der Waals surface area contributed by atoms with Crippen molar-refractivity contribution in [3.05, 3.63) is 38.2 Å². The minimum atomic E-state index is -4.84. The number of nitrogens with zero attached hydrogens (tertiary/aromatic N) is 4. The number of nitro groups is 1. The zero-order valence-corrected chi connectivity index (χ0v) is 17.9.